The summed E-state index contributed by atoms with van der Waals surface area (Å²) < 4.78 is 0. The molecule has 0 unspecified atom stereocenters. The van der Waals surface area contributed by atoms with Crippen LogP contribution in [-0.2, 0) is 0 Å². The van der Waals surface area contributed by atoms with Crippen LogP contribution in [0.4, 0.5) is 0 Å². The van der Waals surface area contributed by atoms with Gasteiger partial charge in [-0.25, -0.2) is 0 Å². The van der Waals surface area contributed by atoms with Gasteiger partial charge in [-0.05, 0) is 39.5 Å². The first kappa shape index (κ1) is 17.7. The Morgan fingerprint density at radius 1 is 0.500 bits per heavy atom. The van der Waals surface area contributed by atoms with Crippen LogP contribution < -0.4 is 0 Å². The van der Waals surface area contributed by atoms with Crippen molar-refractivity contribution >= 4 is 17.9 Å². The molecule has 28 heavy (non-hydrogen) atoms. The molecule has 0 aromatic heterocycles. The number of carbonyl (C=O) groups excluding carboxylic acids is 1. The molecule has 0 radical (unpaired) electrons. The summed E-state index contributed by atoms with van der Waals surface area (Å²) in [5.74, 6) is 0. The van der Waals surface area contributed by atoms with E-state index < -0.39 is 0 Å². The maximum atomic E-state index is 10.8. The van der Waals surface area contributed by atoms with Gasteiger partial charge in [-0.15, -0.1) is 0 Å². The van der Waals surface area contributed by atoms with E-state index in [2.05, 4.69) is 78.9 Å². The minimum atomic E-state index is 0.693. The molecule has 0 saturated heterocycles. The number of rotatable bonds is 5. The highest BCUT2D eigenvalue weighted by molar-refractivity contribution is 5.91. The first-order chi connectivity index (χ1) is 13.8. The van der Waals surface area contributed by atoms with E-state index in [4.69, 9.17) is 0 Å². The van der Waals surface area contributed by atoms with Crippen molar-refractivity contribution in [3.63, 3.8) is 0 Å². The van der Waals surface area contributed by atoms with Crippen molar-refractivity contribution in [2.75, 3.05) is 0 Å². The zero-order valence-electron chi connectivity index (χ0n) is 15.5. The largest absolute Gasteiger partial charge is 0.298 e. The monoisotopic (exact) mass is 360 g/mol. The summed E-state index contributed by atoms with van der Waals surface area (Å²) in [5.41, 5.74) is 7.67. The second-order valence-electron chi connectivity index (χ2n) is 6.65. The maximum absolute atomic E-state index is 10.8. The van der Waals surface area contributed by atoms with Gasteiger partial charge in [0, 0.05) is 5.56 Å². The molecule has 0 amide bonds. The van der Waals surface area contributed by atoms with Crippen molar-refractivity contribution in [3.05, 3.63) is 131 Å². The van der Waals surface area contributed by atoms with E-state index in [1.165, 1.54) is 16.7 Å². The molecule has 4 aromatic rings. The van der Waals surface area contributed by atoms with Crippen LogP contribution >= 0.6 is 0 Å². The van der Waals surface area contributed by atoms with Crippen molar-refractivity contribution in [2.24, 2.45) is 0 Å². The molecule has 0 atom stereocenters. The highest BCUT2D eigenvalue weighted by Gasteiger charge is 2.05. The van der Waals surface area contributed by atoms with Gasteiger partial charge in [0.1, 0.15) is 6.29 Å². The molecule has 0 spiro atoms. The van der Waals surface area contributed by atoms with Crippen LogP contribution in [-0.4, -0.2) is 6.29 Å². The van der Waals surface area contributed by atoms with E-state index in [0.29, 0.717) is 5.56 Å². The third-order valence-corrected chi connectivity index (χ3v) is 4.77. The lowest BCUT2D eigenvalue weighted by atomic mass is 9.95. The second-order valence-corrected chi connectivity index (χ2v) is 6.65. The minimum absolute atomic E-state index is 0.693. The van der Waals surface area contributed by atoms with Crippen LogP contribution in [0.3, 0.4) is 0 Å². The topological polar surface area (TPSA) is 17.1 Å². The average Bonchev–Trinajstić information content (AvgIpc) is 2.79. The lowest BCUT2D eigenvalue weighted by Gasteiger charge is -2.09. The van der Waals surface area contributed by atoms with Gasteiger partial charge < -0.3 is 0 Å². The molecule has 0 aliphatic carbocycles. The van der Waals surface area contributed by atoms with Crippen LogP contribution in [0.1, 0.15) is 27.0 Å². The number of hydrogen-bond donors (Lipinski definition) is 0. The normalized spacial score (nSPS) is 10.3. The van der Waals surface area contributed by atoms with E-state index in [1.54, 1.807) is 0 Å². The number of hydrogen-bond acceptors (Lipinski definition) is 1. The molecule has 0 fully saturated rings. The van der Waals surface area contributed by atoms with Gasteiger partial charge in [-0.3, -0.25) is 4.79 Å². The van der Waals surface area contributed by atoms with Gasteiger partial charge in [0.2, 0.25) is 0 Å². The lowest BCUT2D eigenvalue weighted by molar-refractivity contribution is 0.112. The molecule has 4 aromatic carbocycles. The van der Waals surface area contributed by atoms with Crippen molar-refractivity contribution in [1.82, 2.24) is 0 Å². The van der Waals surface area contributed by atoms with Crippen LogP contribution in [0.15, 0.2) is 109 Å². The van der Waals surface area contributed by atoms with Crippen LogP contribution in [0.25, 0.3) is 22.8 Å². The third-order valence-electron chi connectivity index (χ3n) is 4.77. The first-order valence-corrected chi connectivity index (χ1v) is 9.32. The Bertz CT molecular complexity index is 1030. The van der Waals surface area contributed by atoms with Crippen LogP contribution in [0, 0.1) is 0 Å². The zero-order valence-corrected chi connectivity index (χ0v) is 15.5. The standard InChI is InChI=1S/C27H20O/c28-20-22-13-17-24(18-14-22)23-15-11-21(12-16-23)19-27(25-7-3-1-4-8-25)26-9-5-2-6-10-26/h1-20H. The molecule has 1 nitrogen and oxygen atoms in total. The molecule has 0 saturated carbocycles. The van der Waals surface area contributed by atoms with Gasteiger partial charge in [-0.1, -0.05) is 109 Å². The Morgan fingerprint density at radius 2 is 0.929 bits per heavy atom. The van der Waals surface area contributed by atoms with Gasteiger partial charge in [0.25, 0.3) is 0 Å². The van der Waals surface area contributed by atoms with Gasteiger partial charge in [-0.2, -0.15) is 0 Å². The summed E-state index contributed by atoms with van der Waals surface area (Å²) in [6.45, 7) is 0. The molecule has 0 bridgehead atoms. The number of benzene rings is 4. The highest BCUT2D eigenvalue weighted by Crippen LogP contribution is 2.27. The molecule has 0 aliphatic rings. The molecule has 0 heterocycles. The first-order valence-electron chi connectivity index (χ1n) is 9.32. The minimum Gasteiger partial charge on any atom is -0.298 e. The quantitative estimate of drug-likeness (QED) is 0.284. The predicted molar refractivity (Wildman–Crippen MR) is 117 cm³/mol. The molecular weight excluding hydrogens is 340 g/mol. The Balaban J connectivity index is 1.69. The Labute approximate surface area is 165 Å². The maximum Gasteiger partial charge on any atom is 0.150 e. The van der Waals surface area contributed by atoms with Crippen LogP contribution in [0.5, 0.6) is 0 Å². The highest BCUT2D eigenvalue weighted by atomic mass is 16.1. The Hall–Kier alpha value is -3.71. The summed E-state index contributed by atoms with van der Waals surface area (Å²) in [5, 5.41) is 0. The molecule has 0 aliphatic heterocycles. The van der Waals surface area contributed by atoms with E-state index >= 15 is 0 Å². The molecule has 1 heteroatoms. The van der Waals surface area contributed by atoms with Gasteiger partial charge in [0.05, 0.1) is 0 Å². The fourth-order valence-electron chi connectivity index (χ4n) is 3.26. The van der Waals surface area contributed by atoms with Crippen LogP contribution in [0.2, 0.25) is 0 Å². The van der Waals surface area contributed by atoms with Gasteiger partial charge >= 0.3 is 0 Å². The number of carbonyl (C=O) groups is 1. The smallest absolute Gasteiger partial charge is 0.150 e. The summed E-state index contributed by atoms with van der Waals surface area (Å²) in [7, 11) is 0. The molecule has 0 N–H and O–H groups in total. The Kier molecular flexibility index (Phi) is 5.26. The van der Waals surface area contributed by atoms with Gasteiger partial charge in [0.15, 0.2) is 0 Å². The Morgan fingerprint density at radius 3 is 1.36 bits per heavy atom. The van der Waals surface area contributed by atoms with Crippen molar-refractivity contribution in [3.8, 4) is 11.1 Å². The third kappa shape index (κ3) is 3.99. The van der Waals surface area contributed by atoms with E-state index in [0.717, 1.165) is 23.0 Å². The fraction of sp³-hybridized carbons (Fsp3) is 0. The van der Waals surface area contributed by atoms with Crippen molar-refractivity contribution in [2.45, 2.75) is 0 Å². The van der Waals surface area contributed by atoms with E-state index in [1.807, 2.05) is 36.4 Å². The second kappa shape index (κ2) is 8.32. The molecular formula is C27H20O. The summed E-state index contributed by atoms with van der Waals surface area (Å²) in [6.07, 6.45) is 3.09. The zero-order chi connectivity index (χ0) is 19.2. The van der Waals surface area contributed by atoms with E-state index in [9.17, 15) is 4.79 Å². The summed E-state index contributed by atoms with van der Waals surface area (Å²) >= 11 is 0. The van der Waals surface area contributed by atoms with Crippen molar-refractivity contribution < 1.29 is 4.79 Å². The molecule has 4 rings (SSSR count). The summed E-state index contributed by atoms with van der Waals surface area (Å²) in [6, 6.07) is 37.1. The fourth-order valence-corrected chi connectivity index (χ4v) is 3.26. The average molecular weight is 360 g/mol. The van der Waals surface area contributed by atoms with E-state index in [-0.39, 0.29) is 0 Å². The number of aldehydes is 1. The van der Waals surface area contributed by atoms with Crippen molar-refractivity contribution in [1.29, 1.82) is 0 Å². The molecule has 134 valence electrons. The SMILES string of the molecule is O=Cc1ccc(-c2ccc(C=C(c3ccccc3)c3ccccc3)cc2)cc1. The predicted octanol–water partition coefficient (Wildman–Crippen LogP) is 6.76. The summed E-state index contributed by atoms with van der Waals surface area (Å²) in [4.78, 5) is 10.8. The lowest BCUT2D eigenvalue weighted by Crippen LogP contribution is -1.88.